The summed E-state index contributed by atoms with van der Waals surface area (Å²) in [6.45, 7) is 6.47. The lowest BCUT2D eigenvalue weighted by molar-refractivity contribution is -0.151. The molecule has 0 saturated carbocycles. The predicted octanol–water partition coefficient (Wildman–Crippen LogP) is 16.5. The van der Waals surface area contributed by atoms with E-state index in [1.165, 1.54) is 167 Å². The first-order valence-electron chi connectivity index (χ1n) is 27.2. The number of aliphatic hydroxyl groups excluding tert-OH is 2. The molecule has 0 heterocycles. The molecule has 6 heteroatoms. The van der Waals surface area contributed by atoms with Crippen LogP contribution in [0.4, 0.5) is 0 Å². The molecule has 3 unspecified atom stereocenters. The van der Waals surface area contributed by atoms with Gasteiger partial charge in [0.05, 0.1) is 25.2 Å². The van der Waals surface area contributed by atoms with E-state index in [2.05, 4.69) is 62.5 Å². The van der Waals surface area contributed by atoms with Gasteiger partial charge in [-0.15, -0.1) is 0 Å². The van der Waals surface area contributed by atoms with Gasteiger partial charge in [-0.25, -0.2) is 0 Å². The van der Waals surface area contributed by atoms with Gasteiger partial charge < -0.3 is 20.3 Å². The third-order valence-electron chi connectivity index (χ3n) is 12.5. The molecule has 1 amide bonds. The number of carbonyl (C=O) groups excluding carboxylic acids is 2. The maximum Gasteiger partial charge on any atom is 0.306 e. The molecule has 0 radical (unpaired) electrons. The van der Waals surface area contributed by atoms with Gasteiger partial charge in [0.2, 0.25) is 5.91 Å². The summed E-state index contributed by atoms with van der Waals surface area (Å²) < 4.78 is 5.94. The van der Waals surface area contributed by atoms with Gasteiger partial charge in [-0.05, 0) is 51.4 Å². The Morgan fingerprint density at radius 2 is 0.823 bits per heavy atom. The molecule has 0 rings (SSSR count). The second kappa shape index (κ2) is 50.1. The quantitative estimate of drug-likeness (QED) is 0.0321. The highest BCUT2D eigenvalue weighted by molar-refractivity contribution is 5.77. The van der Waals surface area contributed by atoms with E-state index in [0.717, 1.165) is 70.6 Å². The Balaban J connectivity index is 4.56. The van der Waals surface area contributed by atoms with E-state index in [0.29, 0.717) is 19.3 Å². The molecule has 62 heavy (non-hydrogen) atoms. The van der Waals surface area contributed by atoms with E-state index in [9.17, 15) is 19.8 Å². The Hall–Kier alpha value is -1.92. The summed E-state index contributed by atoms with van der Waals surface area (Å²) in [7, 11) is 0. The lowest BCUT2D eigenvalue weighted by atomic mass is 10.0. The Bertz CT molecular complexity index is 1020. The van der Waals surface area contributed by atoms with Crippen LogP contribution >= 0.6 is 0 Å². The fourth-order valence-corrected chi connectivity index (χ4v) is 8.37. The molecule has 0 bridgehead atoms. The first kappa shape index (κ1) is 60.1. The van der Waals surface area contributed by atoms with Crippen LogP contribution in [0.25, 0.3) is 0 Å². The molecule has 364 valence electrons. The number of rotatable bonds is 49. The van der Waals surface area contributed by atoms with Crippen molar-refractivity contribution in [3.8, 4) is 0 Å². The molecule has 0 aromatic rings. The van der Waals surface area contributed by atoms with Crippen molar-refractivity contribution < 1.29 is 24.5 Å². The number of nitrogens with one attached hydrogen (secondary N) is 1. The number of amides is 1. The summed E-state index contributed by atoms with van der Waals surface area (Å²) in [4.78, 5) is 26.2. The van der Waals surface area contributed by atoms with Crippen LogP contribution in [0.1, 0.15) is 284 Å². The van der Waals surface area contributed by atoms with Crippen molar-refractivity contribution in [2.75, 3.05) is 6.61 Å². The minimum Gasteiger partial charge on any atom is -0.462 e. The predicted molar refractivity (Wildman–Crippen MR) is 269 cm³/mol. The molecule has 3 atom stereocenters. The highest BCUT2D eigenvalue weighted by Gasteiger charge is 2.24. The number of aliphatic hydroxyl groups is 2. The topological polar surface area (TPSA) is 95.9 Å². The molecule has 3 N–H and O–H groups in total. The fraction of sp³-hybridized carbons (Fsp3) is 0.857. The fourth-order valence-electron chi connectivity index (χ4n) is 8.37. The van der Waals surface area contributed by atoms with Crippen molar-refractivity contribution in [1.82, 2.24) is 5.32 Å². The van der Waals surface area contributed by atoms with E-state index < -0.39 is 18.2 Å². The zero-order valence-electron chi connectivity index (χ0n) is 41.5. The van der Waals surface area contributed by atoms with Crippen molar-refractivity contribution >= 4 is 11.9 Å². The van der Waals surface area contributed by atoms with Crippen LogP contribution in [0.2, 0.25) is 0 Å². The monoisotopic (exact) mass is 872 g/mol. The van der Waals surface area contributed by atoms with E-state index in [1.54, 1.807) is 0 Å². The van der Waals surface area contributed by atoms with E-state index in [-0.39, 0.29) is 24.9 Å². The number of hydrogen-bond acceptors (Lipinski definition) is 5. The van der Waals surface area contributed by atoms with Crippen molar-refractivity contribution in [3.05, 3.63) is 36.5 Å². The second-order valence-electron chi connectivity index (χ2n) is 18.7. The van der Waals surface area contributed by atoms with E-state index in [1.807, 2.05) is 0 Å². The molecular formula is C56H105NO5. The smallest absolute Gasteiger partial charge is 0.306 e. The number of ether oxygens (including phenoxy) is 1. The Kier molecular flexibility index (Phi) is 48.5. The van der Waals surface area contributed by atoms with Crippen LogP contribution in [0.3, 0.4) is 0 Å². The number of carbonyl (C=O) groups is 2. The molecule has 6 nitrogen and oxygen atoms in total. The van der Waals surface area contributed by atoms with Crippen LogP contribution in [-0.4, -0.2) is 46.9 Å². The summed E-state index contributed by atoms with van der Waals surface area (Å²) in [6.07, 6.45) is 59.2. The van der Waals surface area contributed by atoms with Crippen LogP contribution in [0.15, 0.2) is 36.5 Å². The summed E-state index contributed by atoms with van der Waals surface area (Å²) >= 11 is 0. The number of hydrogen-bond donors (Lipinski definition) is 3. The van der Waals surface area contributed by atoms with Gasteiger partial charge in [0.25, 0.3) is 0 Å². The average Bonchev–Trinajstić information content (AvgIpc) is 3.26. The summed E-state index contributed by atoms with van der Waals surface area (Å²) in [5, 5.41) is 23.7. The summed E-state index contributed by atoms with van der Waals surface area (Å²) in [5.74, 6) is -0.484. The van der Waals surface area contributed by atoms with Gasteiger partial charge in [0.1, 0.15) is 6.10 Å². The molecule has 0 spiro atoms. The third-order valence-corrected chi connectivity index (χ3v) is 12.5. The summed E-state index contributed by atoms with van der Waals surface area (Å²) in [5.41, 5.74) is 0. The van der Waals surface area contributed by atoms with Gasteiger partial charge in [0.15, 0.2) is 0 Å². The van der Waals surface area contributed by atoms with Gasteiger partial charge in [-0.2, -0.15) is 0 Å². The van der Waals surface area contributed by atoms with Crippen LogP contribution < -0.4 is 5.32 Å². The molecule has 0 aromatic heterocycles. The molecule has 0 aliphatic carbocycles. The minimum atomic E-state index is -0.787. The maximum atomic E-state index is 13.2. The van der Waals surface area contributed by atoms with Crippen molar-refractivity contribution in [1.29, 1.82) is 0 Å². The van der Waals surface area contributed by atoms with Gasteiger partial charge >= 0.3 is 5.97 Å². The molecule has 0 aromatic carbocycles. The summed E-state index contributed by atoms with van der Waals surface area (Å²) in [6, 6.07) is -0.702. The lowest BCUT2D eigenvalue weighted by Crippen LogP contribution is -2.46. The zero-order chi connectivity index (χ0) is 45.2. The van der Waals surface area contributed by atoms with Crippen LogP contribution in [0.5, 0.6) is 0 Å². The van der Waals surface area contributed by atoms with Gasteiger partial charge in [0, 0.05) is 6.42 Å². The van der Waals surface area contributed by atoms with E-state index in [4.69, 9.17) is 4.74 Å². The molecule has 0 saturated heterocycles. The standard InChI is InChI=1S/C56H105NO5/c1-4-7-10-13-16-19-21-23-25-27-28-30-32-34-37-40-43-46-49-56(61)62-52(47-44-41-38-36-33-31-29-26-24-22-20-17-14-11-8-5-2)50-55(60)57-53(51-58)54(59)48-45-42-39-35-18-15-12-9-6-3/h21,23,25,27-28,30,52-54,58-59H,4-20,22,24,26,29,31-51H2,1-3H3,(H,57,60)/b23-21+,27-25+,30-28+. The molecular weight excluding hydrogens is 767 g/mol. The lowest BCUT2D eigenvalue weighted by Gasteiger charge is -2.24. The highest BCUT2D eigenvalue weighted by atomic mass is 16.5. The minimum absolute atomic E-state index is 0.0733. The molecule has 0 aliphatic heterocycles. The number of unbranched alkanes of at least 4 members (excludes halogenated alkanes) is 33. The average molecular weight is 872 g/mol. The Labute approximate surface area is 385 Å². The van der Waals surface area contributed by atoms with Crippen LogP contribution in [0, 0.1) is 0 Å². The Morgan fingerprint density at radius 3 is 1.23 bits per heavy atom. The maximum absolute atomic E-state index is 13.2. The third kappa shape index (κ3) is 44.7. The first-order valence-corrected chi connectivity index (χ1v) is 27.2. The zero-order valence-corrected chi connectivity index (χ0v) is 41.5. The molecule has 0 aliphatic rings. The van der Waals surface area contributed by atoms with Crippen LogP contribution in [-0.2, 0) is 14.3 Å². The van der Waals surface area contributed by atoms with Crippen molar-refractivity contribution in [2.45, 2.75) is 302 Å². The molecule has 0 fully saturated rings. The van der Waals surface area contributed by atoms with Crippen molar-refractivity contribution in [2.24, 2.45) is 0 Å². The number of allylic oxidation sites excluding steroid dienone is 6. The van der Waals surface area contributed by atoms with Gasteiger partial charge in [-0.1, -0.05) is 256 Å². The largest absolute Gasteiger partial charge is 0.462 e. The number of esters is 1. The van der Waals surface area contributed by atoms with E-state index >= 15 is 0 Å². The SMILES string of the molecule is CCCCCCC/C=C/C=C/C=C/CCCCCCCC(=O)OC(CCCCCCCCCCCCCCCCCC)CC(=O)NC(CO)C(O)CCCCCCCCCCC. The van der Waals surface area contributed by atoms with Crippen molar-refractivity contribution in [3.63, 3.8) is 0 Å². The first-order chi connectivity index (χ1) is 30.5. The Morgan fingerprint density at radius 1 is 0.468 bits per heavy atom. The normalized spacial score (nSPS) is 13.4. The second-order valence-corrected chi connectivity index (χ2v) is 18.7. The highest BCUT2D eigenvalue weighted by Crippen LogP contribution is 2.18. The van der Waals surface area contributed by atoms with Gasteiger partial charge in [-0.3, -0.25) is 9.59 Å².